The quantitative estimate of drug-likeness (QED) is 0.721. The van der Waals surface area contributed by atoms with E-state index in [0.717, 1.165) is 41.0 Å². The Bertz CT molecular complexity index is 1060. The van der Waals surface area contributed by atoms with E-state index in [1.165, 1.54) is 0 Å². The summed E-state index contributed by atoms with van der Waals surface area (Å²) in [7, 11) is 0. The van der Waals surface area contributed by atoms with Crippen molar-refractivity contribution < 1.29 is 20.8 Å². The summed E-state index contributed by atoms with van der Waals surface area (Å²) in [6.07, 6.45) is 3.76. The number of nitrogens with zero attached hydrogens (tertiary/aromatic N) is 1. The number of carbonyl (C=O) groups is 1. The molecule has 1 fully saturated rings. The van der Waals surface area contributed by atoms with Crippen LogP contribution in [0.2, 0.25) is 0 Å². The first-order valence-electron chi connectivity index (χ1n) is 9.32. The lowest BCUT2D eigenvalue weighted by molar-refractivity contribution is -0.120. The van der Waals surface area contributed by atoms with E-state index < -0.39 is 5.41 Å². The molecule has 2 heterocycles. The molecule has 142 valence electrons. The minimum atomic E-state index is -0.424. The van der Waals surface area contributed by atoms with Gasteiger partial charge in [-0.15, -0.1) is 0 Å². The number of hydrogen-bond donors (Lipinski definition) is 1. The summed E-state index contributed by atoms with van der Waals surface area (Å²) < 4.78 is 10.8. The van der Waals surface area contributed by atoms with E-state index in [4.69, 9.17) is 9.47 Å². The molecular formula is C23H21NO4. The smallest absolute Gasteiger partial charge is 0.231 e. The third kappa shape index (κ3) is 2.89. The molecule has 2 aromatic carbocycles. The number of carbonyl (C=O) groups excluding carboxylic acids is 1. The average molecular weight is 375 g/mol. The number of phenols is 1. The van der Waals surface area contributed by atoms with Crippen LogP contribution in [-0.2, 0) is 16.6 Å². The van der Waals surface area contributed by atoms with Crippen molar-refractivity contribution >= 4 is 5.78 Å². The minimum absolute atomic E-state index is 0. The highest BCUT2D eigenvalue weighted by Gasteiger charge is 2.50. The van der Waals surface area contributed by atoms with Crippen LogP contribution in [0.4, 0.5) is 0 Å². The lowest BCUT2D eigenvalue weighted by Crippen LogP contribution is -2.22. The van der Waals surface area contributed by atoms with Gasteiger partial charge in [0.1, 0.15) is 11.5 Å². The number of aromatic hydroxyl groups is 1. The van der Waals surface area contributed by atoms with Gasteiger partial charge < -0.3 is 14.6 Å². The summed E-state index contributed by atoms with van der Waals surface area (Å²) in [5.41, 5.74) is 3.12. The van der Waals surface area contributed by atoms with Crippen LogP contribution in [0, 0.1) is 0 Å². The second-order valence-electron chi connectivity index (χ2n) is 7.34. The maximum atomic E-state index is 13.1. The van der Waals surface area contributed by atoms with Crippen LogP contribution in [0.25, 0.3) is 11.1 Å². The van der Waals surface area contributed by atoms with Gasteiger partial charge in [-0.3, -0.25) is 9.78 Å². The Morgan fingerprint density at radius 2 is 1.89 bits per heavy atom. The summed E-state index contributed by atoms with van der Waals surface area (Å²) >= 11 is 0. The van der Waals surface area contributed by atoms with E-state index >= 15 is 0 Å². The first kappa shape index (κ1) is 16.8. The molecule has 5 heteroatoms. The maximum absolute atomic E-state index is 13.1. The SMILES string of the molecule is O=C(Cc1ccc(-c2cccc(O)c2)cn1)C1(c2ccc3c(c2)OCO3)CC1.[HH]. The molecule has 0 amide bonds. The molecule has 1 aliphatic carbocycles. The van der Waals surface area contributed by atoms with Crippen molar-refractivity contribution in [2.75, 3.05) is 6.79 Å². The van der Waals surface area contributed by atoms with Crippen LogP contribution in [0.5, 0.6) is 17.2 Å². The summed E-state index contributed by atoms with van der Waals surface area (Å²) in [6, 6.07) is 16.6. The monoisotopic (exact) mass is 375 g/mol. The summed E-state index contributed by atoms with van der Waals surface area (Å²) in [6.45, 7) is 0.231. The zero-order valence-electron chi connectivity index (χ0n) is 15.2. The van der Waals surface area contributed by atoms with Crippen molar-refractivity contribution in [3.8, 4) is 28.4 Å². The van der Waals surface area contributed by atoms with Gasteiger partial charge in [-0.05, 0) is 54.3 Å². The second kappa shape index (κ2) is 6.37. The highest BCUT2D eigenvalue weighted by Crippen LogP contribution is 2.51. The highest BCUT2D eigenvalue weighted by molar-refractivity contribution is 5.94. The third-order valence-electron chi connectivity index (χ3n) is 5.55. The van der Waals surface area contributed by atoms with Crippen molar-refractivity contribution in [2.24, 2.45) is 0 Å². The Labute approximate surface area is 164 Å². The van der Waals surface area contributed by atoms with Crippen LogP contribution in [-0.4, -0.2) is 22.7 Å². The predicted octanol–water partition coefficient (Wildman–Crippen LogP) is 4.27. The molecule has 1 aromatic heterocycles. The molecule has 0 saturated heterocycles. The Balaban J connectivity index is 0.00000205. The molecule has 28 heavy (non-hydrogen) atoms. The van der Waals surface area contributed by atoms with Crippen LogP contribution < -0.4 is 9.47 Å². The Morgan fingerprint density at radius 3 is 2.64 bits per heavy atom. The van der Waals surface area contributed by atoms with Gasteiger partial charge in [0, 0.05) is 25.3 Å². The van der Waals surface area contributed by atoms with Crippen molar-refractivity contribution in [1.82, 2.24) is 4.98 Å². The fraction of sp³-hybridized carbons (Fsp3) is 0.217. The third-order valence-corrected chi connectivity index (χ3v) is 5.55. The van der Waals surface area contributed by atoms with Gasteiger partial charge in [-0.2, -0.15) is 0 Å². The largest absolute Gasteiger partial charge is 0.508 e. The first-order valence-corrected chi connectivity index (χ1v) is 9.32. The van der Waals surface area contributed by atoms with Crippen molar-refractivity contribution in [3.63, 3.8) is 0 Å². The van der Waals surface area contributed by atoms with Crippen LogP contribution in [0.1, 0.15) is 25.5 Å². The molecule has 0 atom stereocenters. The average Bonchev–Trinajstić information content (AvgIpc) is 3.40. The van der Waals surface area contributed by atoms with E-state index in [9.17, 15) is 9.90 Å². The number of Topliss-reactive ketones (excluding diaryl/α,β-unsaturated/α-hetero) is 1. The highest BCUT2D eigenvalue weighted by atomic mass is 16.7. The van der Waals surface area contributed by atoms with Gasteiger partial charge >= 0.3 is 0 Å². The first-order chi connectivity index (χ1) is 13.6. The fourth-order valence-corrected chi connectivity index (χ4v) is 3.77. The number of rotatable bonds is 5. The number of pyridine rings is 1. The number of ether oxygens (including phenoxy) is 2. The van der Waals surface area contributed by atoms with Gasteiger partial charge in [0.15, 0.2) is 11.5 Å². The number of aromatic nitrogens is 1. The summed E-state index contributed by atoms with van der Waals surface area (Å²) in [5, 5.41) is 9.63. The number of phenolic OH excluding ortho intramolecular Hbond substituents is 1. The van der Waals surface area contributed by atoms with Gasteiger partial charge in [0.2, 0.25) is 6.79 Å². The number of benzene rings is 2. The van der Waals surface area contributed by atoms with Crippen LogP contribution in [0.3, 0.4) is 0 Å². The zero-order chi connectivity index (χ0) is 19.1. The molecule has 5 nitrogen and oxygen atoms in total. The maximum Gasteiger partial charge on any atom is 0.231 e. The molecule has 0 unspecified atom stereocenters. The molecule has 2 aliphatic rings. The normalized spacial score (nSPS) is 16.0. The lowest BCUT2D eigenvalue weighted by atomic mass is 9.88. The standard InChI is InChI=1S/C23H19NO4.H2/c25-19-3-1-2-15(10-19)16-4-6-18(24-13-16)12-22(26)23(8-9-23)17-5-7-20-21(11-17)28-14-27-20;/h1-7,10-11,13,25H,8-9,12,14H2;1H. The minimum Gasteiger partial charge on any atom is -0.508 e. The molecule has 0 spiro atoms. The van der Waals surface area contributed by atoms with Crippen molar-refractivity contribution in [2.45, 2.75) is 24.7 Å². The van der Waals surface area contributed by atoms with E-state index in [0.29, 0.717) is 12.2 Å². The number of hydrogen-bond acceptors (Lipinski definition) is 5. The molecule has 5 rings (SSSR count). The molecule has 0 radical (unpaired) electrons. The van der Waals surface area contributed by atoms with E-state index in [-0.39, 0.29) is 19.8 Å². The van der Waals surface area contributed by atoms with Crippen LogP contribution in [0.15, 0.2) is 60.8 Å². The van der Waals surface area contributed by atoms with Crippen molar-refractivity contribution in [3.05, 3.63) is 72.1 Å². The lowest BCUT2D eigenvalue weighted by Gasteiger charge is -2.15. The topological polar surface area (TPSA) is 68.7 Å². The zero-order valence-corrected chi connectivity index (χ0v) is 15.2. The molecule has 1 N–H and O–H groups in total. The fourth-order valence-electron chi connectivity index (χ4n) is 3.77. The Morgan fingerprint density at radius 1 is 1.04 bits per heavy atom. The second-order valence-corrected chi connectivity index (χ2v) is 7.34. The van der Waals surface area contributed by atoms with E-state index in [2.05, 4.69) is 4.98 Å². The number of ketones is 1. The van der Waals surface area contributed by atoms with Crippen molar-refractivity contribution in [1.29, 1.82) is 0 Å². The molecule has 3 aromatic rings. The van der Waals surface area contributed by atoms with Gasteiger partial charge in [-0.1, -0.05) is 24.3 Å². The molecule has 1 saturated carbocycles. The number of fused-ring (bicyclic) bond motifs is 1. The molecule has 1 aliphatic heterocycles. The molecular weight excluding hydrogens is 354 g/mol. The van der Waals surface area contributed by atoms with Gasteiger partial charge in [-0.25, -0.2) is 0 Å². The Kier molecular flexibility index (Phi) is 3.83. The van der Waals surface area contributed by atoms with E-state index in [1.54, 1.807) is 24.4 Å². The predicted molar refractivity (Wildman–Crippen MR) is 106 cm³/mol. The van der Waals surface area contributed by atoms with E-state index in [1.807, 2.05) is 36.4 Å². The Hall–Kier alpha value is -3.34. The van der Waals surface area contributed by atoms with Gasteiger partial charge in [0.25, 0.3) is 0 Å². The molecule has 0 bridgehead atoms. The summed E-state index contributed by atoms with van der Waals surface area (Å²) in [4.78, 5) is 17.5. The van der Waals surface area contributed by atoms with Gasteiger partial charge in [0.05, 0.1) is 5.41 Å². The van der Waals surface area contributed by atoms with Crippen LogP contribution >= 0.6 is 0 Å². The summed E-state index contributed by atoms with van der Waals surface area (Å²) in [5.74, 6) is 1.85.